The molecule has 0 amide bonds. The molecule has 1 unspecified atom stereocenters. The summed E-state index contributed by atoms with van der Waals surface area (Å²) in [7, 11) is 1.64. The molecule has 0 saturated carbocycles. The van der Waals surface area contributed by atoms with E-state index in [1.807, 2.05) is 13.0 Å². The van der Waals surface area contributed by atoms with Crippen molar-refractivity contribution in [3.8, 4) is 0 Å². The van der Waals surface area contributed by atoms with Crippen LogP contribution in [-0.2, 0) is 4.74 Å². The zero-order valence-corrected chi connectivity index (χ0v) is 11.6. The average Bonchev–Trinajstić information content (AvgIpc) is 2.83. The van der Waals surface area contributed by atoms with Crippen LogP contribution >= 0.6 is 11.3 Å². The first kappa shape index (κ1) is 13.7. The number of thiazole rings is 1. The van der Waals surface area contributed by atoms with Crippen LogP contribution in [-0.4, -0.2) is 30.2 Å². The van der Waals surface area contributed by atoms with Gasteiger partial charge in [0.25, 0.3) is 0 Å². The molecule has 19 heavy (non-hydrogen) atoms. The van der Waals surface area contributed by atoms with Crippen molar-refractivity contribution in [1.82, 2.24) is 4.98 Å². The number of hydrogen-bond donors (Lipinski definition) is 1. The maximum absolute atomic E-state index is 11.2. The molecule has 2 rings (SSSR count). The van der Waals surface area contributed by atoms with Gasteiger partial charge in [-0.1, -0.05) is 6.92 Å². The van der Waals surface area contributed by atoms with Crippen molar-refractivity contribution < 1.29 is 9.66 Å². The molecule has 0 fully saturated rings. The van der Waals surface area contributed by atoms with E-state index in [0.29, 0.717) is 24.4 Å². The minimum atomic E-state index is -0.384. The summed E-state index contributed by atoms with van der Waals surface area (Å²) >= 11 is 1.40. The van der Waals surface area contributed by atoms with E-state index < -0.39 is 0 Å². The predicted octanol–water partition coefficient (Wildman–Crippen LogP) is 2.90. The van der Waals surface area contributed by atoms with Crippen LogP contribution in [0.15, 0.2) is 17.6 Å². The summed E-state index contributed by atoms with van der Waals surface area (Å²) in [5, 5.41) is 14.3. The van der Waals surface area contributed by atoms with Gasteiger partial charge in [0.05, 0.1) is 21.7 Å². The summed E-state index contributed by atoms with van der Waals surface area (Å²) in [5.41, 5.74) is 2.61. The maximum Gasteiger partial charge on any atom is 0.319 e. The van der Waals surface area contributed by atoms with Gasteiger partial charge in [-0.3, -0.25) is 10.1 Å². The highest BCUT2D eigenvalue weighted by atomic mass is 32.1. The van der Waals surface area contributed by atoms with Crippen molar-refractivity contribution in [3.05, 3.63) is 27.8 Å². The van der Waals surface area contributed by atoms with Crippen molar-refractivity contribution in [1.29, 1.82) is 0 Å². The van der Waals surface area contributed by atoms with Crippen LogP contribution in [0.4, 0.5) is 11.4 Å². The van der Waals surface area contributed by atoms with Crippen LogP contribution in [0.25, 0.3) is 10.2 Å². The second-order valence-electron chi connectivity index (χ2n) is 4.36. The van der Waals surface area contributed by atoms with E-state index in [2.05, 4.69) is 10.3 Å². The fourth-order valence-corrected chi connectivity index (χ4v) is 2.55. The first-order valence-electron chi connectivity index (χ1n) is 5.87. The Balaban J connectivity index is 2.27. The number of ether oxygens (including phenoxy) is 1. The lowest BCUT2D eigenvalue weighted by Gasteiger charge is -2.12. The smallest absolute Gasteiger partial charge is 0.319 e. The van der Waals surface area contributed by atoms with Gasteiger partial charge in [-0.15, -0.1) is 11.3 Å². The van der Waals surface area contributed by atoms with E-state index in [1.165, 1.54) is 11.3 Å². The zero-order valence-electron chi connectivity index (χ0n) is 10.8. The van der Waals surface area contributed by atoms with Gasteiger partial charge in [0.2, 0.25) is 0 Å². The number of benzene rings is 1. The Kier molecular flexibility index (Phi) is 4.28. The van der Waals surface area contributed by atoms with Gasteiger partial charge < -0.3 is 10.1 Å². The molecular weight excluding hydrogens is 266 g/mol. The molecule has 102 valence electrons. The Labute approximate surface area is 114 Å². The number of nitro groups is 1. The largest absolute Gasteiger partial charge is 0.384 e. The van der Waals surface area contributed by atoms with Crippen LogP contribution in [0.1, 0.15) is 6.92 Å². The van der Waals surface area contributed by atoms with Crippen LogP contribution in [0.5, 0.6) is 0 Å². The van der Waals surface area contributed by atoms with E-state index in [9.17, 15) is 10.1 Å². The summed E-state index contributed by atoms with van der Waals surface area (Å²) in [4.78, 5) is 14.9. The normalized spacial score (nSPS) is 12.5. The van der Waals surface area contributed by atoms with Crippen LogP contribution in [0, 0.1) is 16.0 Å². The van der Waals surface area contributed by atoms with Crippen LogP contribution in [0.3, 0.4) is 0 Å². The Bertz CT molecular complexity index is 585. The number of rotatable bonds is 6. The van der Waals surface area contributed by atoms with E-state index in [-0.39, 0.29) is 16.5 Å². The number of fused-ring (bicyclic) bond motifs is 1. The molecule has 0 saturated heterocycles. The summed E-state index contributed by atoms with van der Waals surface area (Å²) in [6, 6.07) is 3.58. The third-order valence-electron chi connectivity index (χ3n) is 2.75. The molecule has 1 atom stereocenters. The zero-order chi connectivity index (χ0) is 13.8. The van der Waals surface area contributed by atoms with Gasteiger partial charge in [0.15, 0.2) is 5.52 Å². The number of aromatic nitrogens is 1. The fourth-order valence-electron chi connectivity index (χ4n) is 1.87. The SMILES string of the molecule is COCC(C)CNc1ccc2scnc2c1[N+](=O)[O-]. The number of nitrogens with zero attached hydrogens (tertiary/aromatic N) is 2. The third-order valence-corrected chi connectivity index (χ3v) is 3.54. The van der Waals surface area contributed by atoms with Crippen molar-refractivity contribution in [3.63, 3.8) is 0 Å². The number of nitrogens with one attached hydrogen (secondary N) is 1. The Morgan fingerprint density at radius 2 is 2.37 bits per heavy atom. The summed E-state index contributed by atoms with van der Waals surface area (Å²) in [6.07, 6.45) is 0. The quantitative estimate of drug-likeness (QED) is 0.650. The average molecular weight is 281 g/mol. The minimum Gasteiger partial charge on any atom is -0.384 e. The summed E-state index contributed by atoms with van der Waals surface area (Å²) in [6.45, 7) is 3.24. The lowest BCUT2D eigenvalue weighted by atomic mass is 10.2. The highest BCUT2D eigenvalue weighted by molar-refractivity contribution is 7.16. The lowest BCUT2D eigenvalue weighted by Crippen LogP contribution is -2.16. The minimum absolute atomic E-state index is 0.0448. The number of methoxy groups -OCH3 is 1. The van der Waals surface area contributed by atoms with E-state index in [0.717, 1.165) is 4.70 Å². The highest BCUT2D eigenvalue weighted by Crippen LogP contribution is 2.34. The van der Waals surface area contributed by atoms with E-state index >= 15 is 0 Å². The molecule has 1 N–H and O–H groups in total. The molecule has 0 aliphatic carbocycles. The molecule has 2 aromatic rings. The second-order valence-corrected chi connectivity index (χ2v) is 5.25. The van der Waals surface area contributed by atoms with Gasteiger partial charge in [-0.2, -0.15) is 0 Å². The number of nitro benzene ring substituents is 1. The maximum atomic E-state index is 11.2. The van der Waals surface area contributed by atoms with E-state index in [4.69, 9.17) is 4.74 Å². The van der Waals surface area contributed by atoms with Crippen molar-refractivity contribution in [2.75, 3.05) is 25.6 Å². The standard InChI is InChI=1S/C12H15N3O3S/c1-8(6-18-2)5-13-9-3-4-10-11(14-7-19-10)12(9)15(16)17/h3-4,7-8,13H,5-6H2,1-2H3. The molecule has 1 heterocycles. The highest BCUT2D eigenvalue weighted by Gasteiger charge is 2.20. The summed E-state index contributed by atoms with van der Waals surface area (Å²) < 4.78 is 5.86. The molecule has 0 aliphatic rings. The lowest BCUT2D eigenvalue weighted by molar-refractivity contribution is -0.382. The fraction of sp³-hybridized carbons (Fsp3) is 0.417. The molecule has 7 heteroatoms. The molecule has 0 bridgehead atoms. The predicted molar refractivity (Wildman–Crippen MR) is 75.8 cm³/mol. The molecule has 0 radical (unpaired) electrons. The topological polar surface area (TPSA) is 77.3 Å². The summed E-state index contributed by atoms with van der Waals surface area (Å²) in [5.74, 6) is 0.274. The van der Waals surface area contributed by atoms with Gasteiger partial charge in [0.1, 0.15) is 5.69 Å². The second kappa shape index (κ2) is 5.94. The van der Waals surface area contributed by atoms with Crippen LogP contribution in [0.2, 0.25) is 0 Å². The molecule has 0 spiro atoms. The van der Waals surface area contributed by atoms with Gasteiger partial charge in [-0.25, -0.2) is 4.98 Å². The van der Waals surface area contributed by atoms with E-state index in [1.54, 1.807) is 18.7 Å². The number of anilines is 1. The van der Waals surface area contributed by atoms with Gasteiger partial charge in [0, 0.05) is 13.7 Å². The Morgan fingerprint density at radius 3 is 3.05 bits per heavy atom. The number of hydrogen-bond acceptors (Lipinski definition) is 6. The van der Waals surface area contributed by atoms with Crippen LogP contribution < -0.4 is 5.32 Å². The van der Waals surface area contributed by atoms with Crippen molar-refractivity contribution in [2.24, 2.45) is 5.92 Å². The Hall–Kier alpha value is -1.73. The molecule has 6 nitrogen and oxygen atoms in total. The van der Waals surface area contributed by atoms with Crippen molar-refractivity contribution in [2.45, 2.75) is 6.92 Å². The first-order valence-corrected chi connectivity index (χ1v) is 6.75. The van der Waals surface area contributed by atoms with Crippen molar-refractivity contribution >= 4 is 32.9 Å². The molecule has 1 aromatic carbocycles. The molecule has 1 aromatic heterocycles. The Morgan fingerprint density at radius 1 is 1.58 bits per heavy atom. The third kappa shape index (κ3) is 2.99. The first-order chi connectivity index (χ1) is 9.13. The molecule has 0 aliphatic heterocycles. The monoisotopic (exact) mass is 281 g/mol. The molecular formula is C12H15N3O3S. The van der Waals surface area contributed by atoms with Gasteiger partial charge >= 0.3 is 5.69 Å². The van der Waals surface area contributed by atoms with Gasteiger partial charge in [-0.05, 0) is 18.1 Å².